The molecule has 1 saturated heterocycles. The number of aliphatic hydroxyl groups excluding tert-OH is 1. The van der Waals surface area contributed by atoms with Crippen molar-refractivity contribution in [3.63, 3.8) is 0 Å². The van der Waals surface area contributed by atoms with Gasteiger partial charge in [-0.1, -0.05) is 69.7 Å². The van der Waals surface area contributed by atoms with Gasteiger partial charge in [0.1, 0.15) is 6.04 Å². The number of nitrogens with zero attached hydrogens (tertiary/aromatic N) is 1. The molecule has 3 amide bonds. The minimum absolute atomic E-state index is 0.0722. The highest BCUT2D eigenvalue weighted by Crippen LogP contribution is 2.46. The van der Waals surface area contributed by atoms with Crippen LogP contribution >= 0.6 is 0 Å². The van der Waals surface area contributed by atoms with Crippen molar-refractivity contribution in [2.24, 2.45) is 29.6 Å². The Morgan fingerprint density at radius 2 is 1.78 bits per heavy atom. The van der Waals surface area contributed by atoms with Crippen LogP contribution in [0.4, 0.5) is 5.69 Å². The molecule has 3 N–H and O–H groups in total. The number of allylic oxidation sites excluding steroid dienone is 1. The maximum Gasteiger partial charge on any atom is 0.247 e. The van der Waals surface area contributed by atoms with Crippen LogP contribution in [0.1, 0.15) is 40.0 Å². The first-order valence-corrected chi connectivity index (χ1v) is 13.4. The van der Waals surface area contributed by atoms with Crippen LogP contribution in [0.25, 0.3) is 10.8 Å². The van der Waals surface area contributed by atoms with E-state index in [4.69, 9.17) is 0 Å². The summed E-state index contributed by atoms with van der Waals surface area (Å²) < 4.78 is 0. The van der Waals surface area contributed by atoms with E-state index in [2.05, 4.69) is 17.6 Å². The van der Waals surface area contributed by atoms with Crippen LogP contribution in [0, 0.1) is 29.6 Å². The van der Waals surface area contributed by atoms with Gasteiger partial charge in [0.05, 0.1) is 24.5 Å². The second-order valence-corrected chi connectivity index (χ2v) is 10.8. The Balaban J connectivity index is 1.74. The van der Waals surface area contributed by atoms with Crippen molar-refractivity contribution in [1.29, 1.82) is 0 Å². The highest BCUT2D eigenvalue weighted by atomic mass is 16.3. The molecule has 2 aliphatic rings. The number of fused-ring (bicyclic) bond motifs is 2. The third-order valence-electron chi connectivity index (χ3n) is 7.85. The van der Waals surface area contributed by atoms with Crippen LogP contribution in [0.2, 0.25) is 0 Å². The fraction of sp³-hybridized carbons (Fsp3) is 0.500. The number of rotatable bonds is 9. The lowest BCUT2D eigenvalue weighted by Crippen LogP contribution is -2.51. The Bertz CT molecular complexity index is 1180. The zero-order chi connectivity index (χ0) is 26.7. The smallest absolute Gasteiger partial charge is 0.247 e. The number of amides is 3. The molecule has 1 fully saturated rings. The summed E-state index contributed by atoms with van der Waals surface area (Å²) in [5, 5.41) is 18.2. The molecule has 0 spiro atoms. The molecule has 1 heterocycles. The molecule has 198 valence electrons. The topological polar surface area (TPSA) is 98.7 Å². The number of hydrogen-bond donors (Lipinski definition) is 3. The van der Waals surface area contributed by atoms with E-state index < -0.39 is 29.8 Å². The van der Waals surface area contributed by atoms with Gasteiger partial charge in [-0.15, -0.1) is 0 Å². The van der Waals surface area contributed by atoms with Crippen LogP contribution in [-0.4, -0.2) is 53.5 Å². The summed E-state index contributed by atoms with van der Waals surface area (Å²) in [6, 6.07) is 12.3. The third kappa shape index (κ3) is 5.28. The zero-order valence-electron chi connectivity index (χ0n) is 22.2. The molecule has 7 nitrogen and oxygen atoms in total. The van der Waals surface area contributed by atoms with Crippen LogP contribution < -0.4 is 10.6 Å². The number of anilines is 1. The van der Waals surface area contributed by atoms with Crippen molar-refractivity contribution in [2.75, 3.05) is 19.0 Å². The van der Waals surface area contributed by atoms with E-state index in [1.54, 1.807) is 11.9 Å². The first-order chi connectivity index (χ1) is 17.8. The third-order valence-corrected chi connectivity index (χ3v) is 7.85. The highest BCUT2D eigenvalue weighted by molar-refractivity contribution is 6.03. The van der Waals surface area contributed by atoms with E-state index in [0.717, 1.165) is 23.6 Å². The van der Waals surface area contributed by atoms with Crippen molar-refractivity contribution >= 4 is 34.2 Å². The van der Waals surface area contributed by atoms with Gasteiger partial charge < -0.3 is 20.6 Å². The van der Waals surface area contributed by atoms with Crippen molar-refractivity contribution in [1.82, 2.24) is 10.2 Å². The number of hydrogen-bond acceptors (Lipinski definition) is 4. The molecule has 6 atom stereocenters. The number of nitrogens with one attached hydrogen (secondary N) is 2. The largest absolute Gasteiger partial charge is 0.394 e. The van der Waals surface area contributed by atoms with Gasteiger partial charge in [0.25, 0.3) is 0 Å². The normalized spacial score (nSPS) is 25.8. The monoisotopic (exact) mass is 505 g/mol. The Labute approximate surface area is 219 Å². The molecule has 4 rings (SSSR count). The molecule has 1 aliphatic carbocycles. The average Bonchev–Trinajstić information content (AvgIpc) is 3.19. The number of benzene rings is 2. The van der Waals surface area contributed by atoms with Gasteiger partial charge >= 0.3 is 0 Å². The first kappa shape index (κ1) is 26.9. The first-order valence-electron chi connectivity index (χ1n) is 13.4. The summed E-state index contributed by atoms with van der Waals surface area (Å²) in [6.45, 7) is 5.89. The molecule has 2 aromatic carbocycles. The van der Waals surface area contributed by atoms with Gasteiger partial charge in [0.2, 0.25) is 17.7 Å². The van der Waals surface area contributed by atoms with Gasteiger partial charge in [0.15, 0.2) is 0 Å². The summed E-state index contributed by atoms with van der Waals surface area (Å²) in [5.41, 5.74) is 0.649. The van der Waals surface area contributed by atoms with Gasteiger partial charge in [-0.25, -0.2) is 0 Å². The van der Waals surface area contributed by atoms with Gasteiger partial charge in [-0.05, 0) is 47.6 Å². The number of aliphatic hydroxyl groups is 1. The molecule has 0 bridgehead atoms. The van der Waals surface area contributed by atoms with Crippen LogP contribution in [0.5, 0.6) is 0 Å². The summed E-state index contributed by atoms with van der Waals surface area (Å²) in [6.07, 6.45) is 6.23. The minimum atomic E-state index is -0.814. The van der Waals surface area contributed by atoms with Crippen molar-refractivity contribution in [2.45, 2.75) is 52.1 Å². The Kier molecular flexibility index (Phi) is 8.32. The maximum atomic E-state index is 14.1. The number of carbonyl (C=O) groups is 3. The molecule has 7 heteroatoms. The summed E-state index contributed by atoms with van der Waals surface area (Å²) in [5.74, 6) is -2.19. The van der Waals surface area contributed by atoms with Crippen LogP contribution in [0.15, 0.2) is 54.6 Å². The van der Waals surface area contributed by atoms with E-state index >= 15 is 0 Å². The summed E-state index contributed by atoms with van der Waals surface area (Å²) in [7, 11) is 1.59. The van der Waals surface area contributed by atoms with Crippen molar-refractivity contribution in [3.8, 4) is 0 Å². The predicted octanol–water partition coefficient (Wildman–Crippen LogP) is 3.98. The van der Waals surface area contributed by atoms with Crippen LogP contribution in [0.3, 0.4) is 0 Å². The quantitative estimate of drug-likeness (QED) is 0.449. The van der Waals surface area contributed by atoms with Crippen LogP contribution in [-0.2, 0) is 14.4 Å². The Morgan fingerprint density at radius 1 is 1.05 bits per heavy atom. The van der Waals surface area contributed by atoms with E-state index in [1.165, 1.54) is 0 Å². The molecule has 1 aliphatic heterocycles. The number of likely N-dealkylation sites (tertiary alicyclic amines) is 1. The standard InChI is InChI=1S/C30H39N3O4/c1-5-8-20-12-14-24-26(25(20)28(35)31-4)30(37)33(23(17-34)15-18(2)3)27(24)29(36)32-22-13-11-19-9-6-7-10-21(19)16-22/h6-7,9-14,16,18,20,23-27,34H,5,8,15,17H2,1-4H3,(H,31,35)(H,32,36)/t20-,23-,24+,25-,26+,27+/m1/s1. The average molecular weight is 506 g/mol. The van der Waals surface area contributed by atoms with Gasteiger partial charge in [0, 0.05) is 18.7 Å². The fourth-order valence-electron chi connectivity index (χ4n) is 6.28. The minimum Gasteiger partial charge on any atom is -0.394 e. The van der Waals surface area contributed by atoms with Crippen molar-refractivity contribution < 1.29 is 19.5 Å². The summed E-state index contributed by atoms with van der Waals surface area (Å²) >= 11 is 0. The van der Waals surface area contributed by atoms with Gasteiger partial charge in [-0.2, -0.15) is 0 Å². The fourth-order valence-corrected chi connectivity index (χ4v) is 6.28. The lowest BCUT2D eigenvalue weighted by atomic mass is 9.68. The van der Waals surface area contributed by atoms with E-state index in [1.807, 2.05) is 68.5 Å². The maximum absolute atomic E-state index is 14.1. The van der Waals surface area contributed by atoms with Crippen molar-refractivity contribution in [3.05, 3.63) is 54.6 Å². The molecule has 37 heavy (non-hydrogen) atoms. The lowest BCUT2D eigenvalue weighted by Gasteiger charge is -2.34. The molecule has 0 saturated carbocycles. The van der Waals surface area contributed by atoms with Gasteiger partial charge in [-0.3, -0.25) is 14.4 Å². The highest BCUT2D eigenvalue weighted by Gasteiger charge is 2.58. The second kappa shape index (κ2) is 11.5. The Morgan fingerprint density at radius 3 is 2.43 bits per heavy atom. The number of carbonyl (C=O) groups excluding carboxylic acids is 3. The molecule has 0 aromatic heterocycles. The second-order valence-electron chi connectivity index (χ2n) is 10.8. The van der Waals surface area contributed by atoms with E-state index in [9.17, 15) is 19.5 Å². The molecule has 0 radical (unpaired) electrons. The lowest BCUT2D eigenvalue weighted by molar-refractivity contribution is -0.143. The summed E-state index contributed by atoms with van der Waals surface area (Å²) in [4.78, 5) is 42.6. The molecular formula is C30H39N3O4. The van der Waals surface area contributed by atoms with E-state index in [0.29, 0.717) is 12.1 Å². The SMILES string of the molecule is CCC[C@@H]1C=C[C@H]2[C@H](C(=O)N([C@@H](CO)CC(C)C)[C@@H]2C(=O)Nc2ccc3ccccc3c2)[C@@H]1C(=O)NC. The Hall–Kier alpha value is -3.19. The zero-order valence-corrected chi connectivity index (χ0v) is 22.2. The molecule has 0 unspecified atom stereocenters. The molecular weight excluding hydrogens is 466 g/mol. The predicted molar refractivity (Wildman–Crippen MR) is 146 cm³/mol. The van der Waals surface area contributed by atoms with E-state index in [-0.39, 0.29) is 36.2 Å². The molecule has 2 aromatic rings.